The Morgan fingerprint density at radius 3 is 2.14 bits per heavy atom. The van der Waals surface area contributed by atoms with Gasteiger partial charge in [-0.15, -0.1) is 0 Å². The molecule has 14 heavy (non-hydrogen) atoms. The maximum absolute atomic E-state index is 10.4. The molecule has 8 nitrogen and oxygen atoms in total. The van der Waals surface area contributed by atoms with Crippen LogP contribution in [0.15, 0.2) is 0 Å². The highest BCUT2D eigenvalue weighted by Gasteiger charge is 2.34. The zero-order valence-electron chi connectivity index (χ0n) is 7.31. The molecule has 8 heteroatoms. The molecule has 0 aliphatic rings. The van der Waals surface area contributed by atoms with Gasteiger partial charge in [0, 0.05) is 0 Å². The Labute approximate surface area is 79.9 Å². The quantitative estimate of drug-likeness (QED) is 0.214. The van der Waals surface area contributed by atoms with Crippen LogP contribution >= 0.6 is 0 Å². The van der Waals surface area contributed by atoms with E-state index < -0.39 is 31.0 Å². The summed E-state index contributed by atoms with van der Waals surface area (Å²) in [4.78, 5) is 18.7. The van der Waals surface area contributed by atoms with Crippen molar-refractivity contribution in [3.8, 4) is 0 Å². The van der Waals surface area contributed by atoms with Crippen LogP contribution in [-0.4, -0.2) is 52.6 Å². The SMILES string of the molecule is NO[C@@H]([C@H](O)[C@H](O)CO)[C@H](C=O)ON. The molecule has 0 fully saturated rings. The minimum Gasteiger partial charge on any atom is -0.394 e. The Kier molecular flexibility index (Phi) is 6.49. The topological polar surface area (TPSA) is 148 Å². The maximum Gasteiger partial charge on any atom is 0.164 e. The van der Waals surface area contributed by atoms with Crippen molar-refractivity contribution < 1.29 is 29.8 Å². The number of nitrogens with two attached hydrogens (primary N) is 2. The summed E-state index contributed by atoms with van der Waals surface area (Å²) in [6.45, 7) is -0.711. The van der Waals surface area contributed by atoms with Crippen LogP contribution in [0.1, 0.15) is 0 Å². The summed E-state index contributed by atoms with van der Waals surface area (Å²) in [6.07, 6.45) is -5.49. The maximum atomic E-state index is 10.4. The number of hydrogen-bond acceptors (Lipinski definition) is 8. The molecule has 0 bridgehead atoms. The van der Waals surface area contributed by atoms with Crippen molar-refractivity contribution in [2.45, 2.75) is 24.4 Å². The first kappa shape index (κ1) is 13.4. The molecule has 0 radical (unpaired) electrons. The third-order valence-corrected chi connectivity index (χ3v) is 1.69. The van der Waals surface area contributed by atoms with E-state index in [9.17, 15) is 9.90 Å². The smallest absolute Gasteiger partial charge is 0.164 e. The third-order valence-electron chi connectivity index (χ3n) is 1.69. The van der Waals surface area contributed by atoms with Gasteiger partial charge < -0.3 is 20.1 Å². The van der Waals surface area contributed by atoms with Gasteiger partial charge in [-0.1, -0.05) is 0 Å². The van der Waals surface area contributed by atoms with Crippen LogP contribution in [-0.2, 0) is 14.5 Å². The first-order valence-corrected chi connectivity index (χ1v) is 3.75. The molecule has 0 unspecified atom stereocenters. The second-order valence-electron chi connectivity index (χ2n) is 2.58. The summed E-state index contributed by atoms with van der Waals surface area (Å²) in [7, 11) is 0. The Bertz CT molecular complexity index is 168. The van der Waals surface area contributed by atoms with E-state index in [0.717, 1.165) is 0 Å². The lowest BCUT2D eigenvalue weighted by molar-refractivity contribution is -0.162. The zero-order valence-corrected chi connectivity index (χ0v) is 7.31. The highest BCUT2D eigenvalue weighted by Crippen LogP contribution is 2.08. The van der Waals surface area contributed by atoms with E-state index in [2.05, 4.69) is 9.68 Å². The molecule has 0 aromatic carbocycles. The van der Waals surface area contributed by atoms with Crippen LogP contribution in [0.3, 0.4) is 0 Å². The fourth-order valence-electron chi connectivity index (χ4n) is 0.866. The van der Waals surface area contributed by atoms with Gasteiger partial charge in [0.05, 0.1) is 6.61 Å². The van der Waals surface area contributed by atoms with E-state index in [1.807, 2.05) is 0 Å². The van der Waals surface area contributed by atoms with Crippen molar-refractivity contribution in [3.63, 3.8) is 0 Å². The van der Waals surface area contributed by atoms with Crippen LogP contribution in [0, 0.1) is 0 Å². The highest BCUT2D eigenvalue weighted by atomic mass is 16.7. The van der Waals surface area contributed by atoms with Crippen molar-refractivity contribution in [3.05, 3.63) is 0 Å². The van der Waals surface area contributed by atoms with Crippen LogP contribution in [0.5, 0.6) is 0 Å². The first-order chi connectivity index (χ1) is 6.62. The lowest BCUT2D eigenvalue weighted by atomic mass is 10.0. The molecule has 0 heterocycles. The van der Waals surface area contributed by atoms with Crippen LogP contribution < -0.4 is 11.8 Å². The van der Waals surface area contributed by atoms with E-state index in [0.29, 0.717) is 0 Å². The van der Waals surface area contributed by atoms with Gasteiger partial charge in [0.2, 0.25) is 0 Å². The largest absolute Gasteiger partial charge is 0.394 e. The van der Waals surface area contributed by atoms with Crippen LogP contribution in [0.25, 0.3) is 0 Å². The molecular formula is C6H14N2O6. The highest BCUT2D eigenvalue weighted by molar-refractivity contribution is 5.57. The average Bonchev–Trinajstić information content (AvgIpc) is 2.23. The van der Waals surface area contributed by atoms with Crippen LogP contribution in [0.4, 0.5) is 0 Å². The average molecular weight is 210 g/mol. The molecule has 0 aliphatic heterocycles. The molecule has 0 spiro atoms. The molecule has 0 saturated carbocycles. The van der Waals surface area contributed by atoms with Crippen molar-refractivity contribution in [1.29, 1.82) is 0 Å². The van der Waals surface area contributed by atoms with E-state index in [1.165, 1.54) is 0 Å². The minimum atomic E-state index is -1.58. The molecule has 0 aliphatic carbocycles. The minimum absolute atomic E-state index is 0.255. The summed E-state index contributed by atoms with van der Waals surface area (Å²) >= 11 is 0. The summed E-state index contributed by atoms with van der Waals surface area (Å²) in [5.74, 6) is 9.49. The summed E-state index contributed by atoms with van der Waals surface area (Å²) in [5.41, 5.74) is 0. The Morgan fingerprint density at radius 1 is 1.29 bits per heavy atom. The Hall–Kier alpha value is -0.610. The number of hydrogen-bond donors (Lipinski definition) is 5. The lowest BCUT2D eigenvalue weighted by Gasteiger charge is -2.26. The van der Waals surface area contributed by atoms with Crippen molar-refractivity contribution >= 4 is 6.29 Å². The number of carbonyl (C=O) groups excluding carboxylic acids is 1. The van der Waals surface area contributed by atoms with Crippen LogP contribution in [0.2, 0.25) is 0 Å². The van der Waals surface area contributed by atoms with Crippen molar-refractivity contribution in [2.75, 3.05) is 6.61 Å². The van der Waals surface area contributed by atoms with Gasteiger partial charge in [-0.3, -0.25) is 9.68 Å². The number of aliphatic hydroxyl groups is 3. The zero-order chi connectivity index (χ0) is 11.1. The Morgan fingerprint density at radius 2 is 1.86 bits per heavy atom. The molecule has 0 aromatic heterocycles. The van der Waals surface area contributed by atoms with Gasteiger partial charge in [-0.05, 0) is 0 Å². The van der Waals surface area contributed by atoms with E-state index in [4.69, 9.17) is 22.0 Å². The normalized spacial score (nSPS) is 19.8. The fourth-order valence-corrected chi connectivity index (χ4v) is 0.866. The second kappa shape index (κ2) is 6.79. The number of carbonyl (C=O) groups is 1. The predicted octanol–water partition coefficient (Wildman–Crippen LogP) is -3.58. The van der Waals surface area contributed by atoms with Gasteiger partial charge in [0.15, 0.2) is 12.4 Å². The molecule has 0 rings (SSSR count). The van der Waals surface area contributed by atoms with Gasteiger partial charge in [-0.25, -0.2) is 11.8 Å². The van der Waals surface area contributed by atoms with Crippen molar-refractivity contribution in [2.24, 2.45) is 11.8 Å². The van der Waals surface area contributed by atoms with Crippen molar-refractivity contribution in [1.82, 2.24) is 0 Å². The number of aldehydes is 1. The van der Waals surface area contributed by atoms with Gasteiger partial charge >= 0.3 is 0 Å². The summed E-state index contributed by atoms with van der Waals surface area (Å²) in [5, 5.41) is 26.8. The molecule has 84 valence electrons. The molecule has 4 atom stereocenters. The number of rotatable bonds is 7. The van der Waals surface area contributed by atoms with Gasteiger partial charge in [-0.2, -0.15) is 0 Å². The van der Waals surface area contributed by atoms with Gasteiger partial charge in [0.1, 0.15) is 18.3 Å². The molecular weight excluding hydrogens is 196 g/mol. The summed E-state index contributed by atoms with van der Waals surface area (Å²) in [6, 6.07) is 0. The molecule has 7 N–H and O–H groups in total. The molecule has 0 saturated heterocycles. The fraction of sp³-hybridized carbons (Fsp3) is 0.833. The second-order valence-corrected chi connectivity index (χ2v) is 2.58. The Balaban J connectivity index is 4.44. The number of aliphatic hydroxyl groups excluding tert-OH is 3. The van der Waals surface area contributed by atoms with E-state index >= 15 is 0 Å². The van der Waals surface area contributed by atoms with Gasteiger partial charge in [0.25, 0.3) is 0 Å². The van der Waals surface area contributed by atoms with E-state index in [-0.39, 0.29) is 6.29 Å². The monoisotopic (exact) mass is 210 g/mol. The molecule has 0 aromatic rings. The lowest BCUT2D eigenvalue weighted by Crippen LogP contribution is -2.50. The first-order valence-electron chi connectivity index (χ1n) is 3.75. The predicted molar refractivity (Wildman–Crippen MR) is 43.3 cm³/mol. The third kappa shape index (κ3) is 3.27. The van der Waals surface area contributed by atoms with E-state index in [1.54, 1.807) is 0 Å². The standard InChI is InChI=1S/C6H14N2O6/c7-13-4(2-10)6(14-8)5(12)3(11)1-9/h2-6,9,11-12H,1,7-8H2/t3-,4+,5-,6-/m1/s1. The summed E-state index contributed by atoms with van der Waals surface area (Å²) < 4.78 is 0. The molecule has 0 amide bonds.